The van der Waals surface area contributed by atoms with Gasteiger partial charge in [-0.2, -0.15) is 5.10 Å². The number of nitrogens with one attached hydrogen (secondary N) is 2. The molecule has 0 fully saturated rings. The number of amides is 1. The highest BCUT2D eigenvalue weighted by molar-refractivity contribution is 9.10. The summed E-state index contributed by atoms with van der Waals surface area (Å²) in [6.45, 7) is 0.370. The van der Waals surface area contributed by atoms with Crippen molar-refractivity contribution >= 4 is 33.7 Å². The van der Waals surface area contributed by atoms with Gasteiger partial charge in [0.25, 0.3) is 5.91 Å². The normalized spacial score (nSPS) is 12.4. The molecule has 118 valence electrons. The number of hydrazone groups is 1. The van der Waals surface area contributed by atoms with E-state index in [0.717, 1.165) is 15.7 Å². The van der Waals surface area contributed by atoms with E-state index in [2.05, 4.69) is 31.8 Å². The van der Waals surface area contributed by atoms with Gasteiger partial charge in [0.1, 0.15) is 0 Å². The highest BCUT2D eigenvalue weighted by Gasteiger charge is 2.12. The lowest BCUT2D eigenvalue weighted by Crippen LogP contribution is -2.25. The first-order valence-electron chi connectivity index (χ1n) is 6.92. The zero-order valence-corrected chi connectivity index (χ0v) is 13.7. The standard InChI is InChI=1S/C16H14BrN3O3/c17-12-2-4-13(5-3-12)18-9-16(21)20-19-8-11-1-6-14-15(7-11)23-10-22-14/h1-8,18H,9-10H2,(H,20,21)/b19-8-. The molecule has 0 saturated heterocycles. The summed E-state index contributed by atoms with van der Waals surface area (Å²) in [6.07, 6.45) is 1.56. The second-order valence-corrected chi connectivity index (χ2v) is 5.68. The van der Waals surface area contributed by atoms with Crippen LogP contribution < -0.4 is 20.2 Å². The van der Waals surface area contributed by atoms with E-state index >= 15 is 0 Å². The number of nitrogens with zero attached hydrogens (tertiary/aromatic N) is 1. The van der Waals surface area contributed by atoms with Crippen LogP contribution in [0.3, 0.4) is 0 Å². The van der Waals surface area contributed by atoms with Gasteiger partial charge in [0.15, 0.2) is 11.5 Å². The van der Waals surface area contributed by atoms with Crippen LogP contribution in [0, 0.1) is 0 Å². The first-order chi connectivity index (χ1) is 11.2. The quantitative estimate of drug-likeness (QED) is 0.622. The number of rotatable bonds is 5. The Morgan fingerprint density at radius 1 is 1.17 bits per heavy atom. The number of anilines is 1. The number of hydrogen-bond acceptors (Lipinski definition) is 5. The van der Waals surface area contributed by atoms with Crippen LogP contribution in [0.25, 0.3) is 0 Å². The monoisotopic (exact) mass is 375 g/mol. The number of carbonyl (C=O) groups is 1. The molecular formula is C16H14BrN3O3. The van der Waals surface area contributed by atoms with E-state index < -0.39 is 0 Å². The maximum atomic E-state index is 11.7. The minimum atomic E-state index is -0.232. The van der Waals surface area contributed by atoms with Gasteiger partial charge in [-0.3, -0.25) is 4.79 Å². The van der Waals surface area contributed by atoms with Gasteiger partial charge in [-0.15, -0.1) is 0 Å². The van der Waals surface area contributed by atoms with Gasteiger partial charge in [-0.25, -0.2) is 5.43 Å². The van der Waals surface area contributed by atoms with E-state index in [-0.39, 0.29) is 19.2 Å². The van der Waals surface area contributed by atoms with E-state index in [1.165, 1.54) is 0 Å². The van der Waals surface area contributed by atoms with Gasteiger partial charge in [-0.1, -0.05) is 15.9 Å². The molecular weight excluding hydrogens is 362 g/mol. The van der Waals surface area contributed by atoms with E-state index in [0.29, 0.717) is 11.5 Å². The molecule has 0 aromatic heterocycles. The predicted octanol–water partition coefficient (Wildman–Crippen LogP) is 2.74. The second kappa shape index (κ2) is 7.15. The van der Waals surface area contributed by atoms with Crippen LogP contribution in [-0.2, 0) is 4.79 Å². The van der Waals surface area contributed by atoms with Crippen molar-refractivity contribution in [1.82, 2.24) is 5.43 Å². The number of fused-ring (bicyclic) bond motifs is 1. The first kappa shape index (κ1) is 15.4. The average molecular weight is 376 g/mol. The molecule has 1 aliphatic rings. The topological polar surface area (TPSA) is 72.0 Å². The summed E-state index contributed by atoms with van der Waals surface area (Å²) in [5.74, 6) is 1.16. The molecule has 2 aromatic carbocycles. The van der Waals surface area contributed by atoms with Gasteiger partial charge in [0.2, 0.25) is 6.79 Å². The SMILES string of the molecule is O=C(CNc1ccc(Br)cc1)N/N=C\c1ccc2c(c1)OCO2. The van der Waals surface area contributed by atoms with Gasteiger partial charge in [0, 0.05) is 10.2 Å². The highest BCUT2D eigenvalue weighted by atomic mass is 79.9. The van der Waals surface area contributed by atoms with Crippen LogP contribution in [0.15, 0.2) is 52.0 Å². The Hall–Kier alpha value is -2.54. The Kier molecular flexibility index (Phi) is 4.77. The van der Waals surface area contributed by atoms with Crippen molar-refractivity contribution in [1.29, 1.82) is 0 Å². The second-order valence-electron chi connectivity index (χ2n) is 4.77. The molecule has 23 heavy (non-hydrogen) atoms. The van der Waals surface area contributed by atoms with Crippen LogP contribution in [0.1, 0.15) is 5.56 Å². The van der Waals surface area contributed by atoms with Crippen molar-refractivity contribution in [3.8, 4) is 11.5 Å². The van der Waals surface area contributed by atoms with E-state index in [1.54, 1.807) is 18.3 Å². The Labute approximate surface area is 141 Å². The van der Waals surface area contributed by atoms with E-state index in [4.69, 9.17) is 9.47 Å². The van der Waals surface area contributed by atoms with Crippen molar-refractivity contribution in [3.05, 3.63) is 52.5 Å². The summed E-state index contributed by atoms with van der Waals surface area (Å²) in [7, 11) is 0. The molecule has 0 aliphatic carbocycles. The molecule has 0 unspecified atom stereocenters. The van der Waals surface area contributed by atoms with Gasteiger partial charge >= 0.3 is 0 Å². The molecule has 0 bridgehead atoms. The molecule has 0 spiro atoms. The van der Waals surface area contributed by atoms with Crippen LogP contribution in [0.2, 0.25) is 0 Å². The molecule has 2 aromatic rings. The Morgan fingerprint density at radius 3 is 2.78 bits per heavy atom. The highest BCUT2D eigenvalue weighted by Crippen LogP contribution is 2.31. The summed E-state index contributed by atoms with van der Waals surface area (Å²) >= 11 is 3.36. The van der Waals surface area contributed by atoms with Gasteiger partial charge < -0.3 is 14.8 Å². The van der Waals surface area contributed by atoms with Gasteiger partial charge in [-0.05, 0) is 48.0 Å². The molecule has 0 saturated carbocycles. The van der Waals surface area contributed by atoms with E-state index in [1.807, 2.05) is 30.3 Å². The number of carbonyl (C=O) groups excluding carboxylic acids is 1. The molecule has 1 aliphatic heterocycles. The van der Waals surface area contributed by atoms with Crippen LogP contribution in [-0.4, -0.2) is 25.5 Å². The minimum Gasteiger partial charge on any atom is -0.454 e. The molecule has 7 heteroatoms. The summed E-state index contributed by atoms with van der Waals surface area (Å²) in [6, 6.07) is 13.0. The molecule has 1 heterocycles. The van der Waals surface area contributed by atoms with E-state index in [9.17, 15) is 4.79 Å². The van der Waals surface area contributed by atoms with Crippen molar-refractivity contribution in [2.75, 3.05) is 18.7 Å². The van der Waals surface area contributed by atoms with Crippen molar-refractivity contribution in [2.45, 2.75) is 0 Å². The Bertz CT molecular complexity index is 732. The third-order valence-electron chi connectivity index (χ3n) is 3.10. The van der Waals surface area contributed by atoms with Crippen LogP contribution in [0.5, 0.6) is 11.5 Å². The zero-order valence-electron chi connectivity index (χ0n) is 12.1. The molecule has 2 N–H and O–H groups in total. The number of halogens is 1. The first-order valence-corrected chi connectivity index (χ1v) is 7.71. The number of benzene rings is 2. The maximum Gasteiger partial charge on any atom is 0.259 e. The predicted molar refractivity (Wildman–Crippen MR) is 90.9 cm³/mol. The molecule has 1 amide bonds. The van der Waals surface area contributed by atoms with Crippen LogP contribution in [0.4, 0.5) is 5.69 Å². The number of hydrogen-bond donors (Lipinski definition) is 2. The summed E-state index contributed by atoms with van der Waals surface area (Å²) in [5.41, 5.74) is 4.15. The Balaban J connectivity index is 1.47. The fourth-order valence-electron chi connectivity index (χ4n) is 1.96. The molecule has 3 rings (SSSR count). The lowest BCUT2D eigenvalue weighted by molar-refractivity contribution is -0.119. The lowest BCUT2D eigenvalue weighted by atomic mass is 10.2. The molecule has 0 atom stereocenters. The lowest BCUT2D eigenvalue weighted by Gasteiger charge is -2.05. The summed E-state index contributed by atoms with van der Waals surface area (Å²) in [4.78, 5) is 11.7. The molecule has 6 nitrogen and oxygen atoms in total. The zero-order chi connectivity index (χ0) is 16.1. The fourth-order valence-corrected chi connectivity index (χ4v) is 2.23. The van der Waals surface area contributed by atoms with Crippen molar-refractivity contribution < 1.29 is 14.3 Å². The summed E-state index contributed by atoms with van der Waals surface area (Å²) < 4.78 is 11.5. The van der Waals surface area contributed by atoms with Crippen LogP contribution >= 0.6 is 15.9 Å². The van der Waals surface area contributed by atoms with Crippen molar-refractivity contribution in [2.24, 2.45) is 5.10 Å². The summed E-state index contributed by atoms with van der Waals surface area (Å²) in [5, 5.41) is 6.94. The molecule has 0 radical (unpaired) electrons. The van der Waals surface area contributed by atoms with Crippen molar-refractivity contribution in [3.63, 3.8) is 0 Å². The third-order valence-corrected chi connectivity index (χ3v) is 3.63. The Morgan fingerprint density at radius 2 is 1.96 bits per heavy atom. The van der Waals surface area contributed by atoms with Gasteiger partial charge in [0.05, 0.1) is 12.8 Å². The average Bonchev–Trinajstić information content (AvgIpc) is 3.02. The maximum absolute atomic E-state index is 11.7. The largest absolute Gasteiger partial charge is 0.454 e. The fraction of sp³-hybridized carbons (Fsp3) is 0.125. The number of ether oxygens (including phenoxy) is 2. The smallest absolute Gasteiger partial charge is 0.259 e. The third kappa shape index (κ3) is 4.23. The minimum absolute atomic E-state index is 0.139.